The lowest BCUT2D eigenvalue weighted by molar-refractivity contribution is 0.365. The van der Waals surface area contributed by atoms with E-state index in [-0.39, 0.29) is 0 Å². The summed E-state index contributed by atoms with van der Waals surface area (Å²) in [5.74, 6) is 0. The summed E-state index contributed by atoms with van der Waals surface area (Å²) in [5.41, 5.74) is 2.43. The zero-order valence-corrected chi connectivity index (χ0v) is 8.17. The fraction of sp³-hybridized carbons (Fsp3) is 0.667. The Labute approximate surface area is 78.3 Å². The Morgan fingerprint density at radius 3 is 2.92 bits per heavy atom. The zero-order valence-electron chi connectivity index (χ0n) is 8.17. The molecule has 1 aliphatic heterocycles. The van der Waals surface area contributed by atoms with Crippen molar-refractivity contribution in [3.05, 3.63) is 17.5 Å². The van der Waals surface area contributed by atoms with E-state index in [0.29, 0.717) is 6.04 Å². The molecule has 0 aromatic carbocycles. The van der Waals surface area contributed by atoms with Crippen molar-refractivity contribution in [1.82, 2.24) is 20.4 Å². The molecule has 1 aliphatic rings. The van der Waals surface area contributed by atoms with Gasteiger partial charge in [-0.2, -0.15) is 5.10 Å². The second-order valence-corrected chi connectivity index (χ2v) is 3.65. The average molecular weight is 180 g/mol. The van der Waals surface area contributed by atoms with Crippen LogP contribution in [0.1, 0.15) is 11.3 Å². The van der Waals surface area contributed by atoms with Gasteiger partial charge in [-0.3, -0.25) is 4.68 Å². The van der Waals surface area contributed by atoms with Crippen LogP contribution in [-0.2, 0) is 13.6 Å². The van der Waals surface area contributed by atoms with Crippen molar-refractivity contribution in [2.45, 2.75) is 19.5 Å². The van der Waals surface area contributed by atoms with Gasteiger partial charge in [0.1, 0.15) is 0 Å². The molecule has 1 aromatic rings. The average Bonchev–Trinajstić information content (AvgIpc) is 2.27. The lowest BCUT2D eigenvalue weighted by Crippen LogP contribution is -2.55. The Bertz CT molecular complexity index is 288. The molecule has 2 rings (SSSR count). The lowest BCUT2D eigenvalue weighted by atomic mass is 10.1. The van der Waals surface area contributed by atoms with Gasteiger partial charge in [-0.15, -0.1) is 0 Å². The molecule has 0 radical (unpaired) electrons. The number of hydrogen-bond acceptors (Lipinski definition) is 3. The van der Waals surface area contributed by atoms with Crippen LogP contribution in [0.25, 0.3) is 0 Å². The molecule has 4 heteroatoms. The van der Waals surface area contributed by atoms with Gasteiger partial charge in [-0.25, -0.2) is 0 Å². The Morgan fingerprint density at radius 2 is 2.46 bits per heavy atom. The molecule has 1 aromatic heterocycles. The second-order valence-electron chi connectivity index (χ2n) is 3.65. The zero-order chi connectivity index (χ0) is 9.26. The van der Waals surface area contributed by atoms with Crippen molar-refractivity contribution in [2.75, 3.05) is 13.1 Å². The highest BCUT2D eigenvalue weighted by Gasteiger charge is 2.15. The van der Waals surface area contributed by atoms with Gasteiger partial charge in [0.25, 0.3) is 0 Å². The number of nitrogens with one attached hydrogen (secondary N) is 2. The molecule has 72 valence electrons. The minimum absolute atomic E-state index is 0.652. The van der Waals surface area contributed by atoms with Crippen LogP contribution < -0.4 is 10.6 Å². The van der Waals surface area contributed by atoms with E-state index >= 15 is 0 Å². The molecule has 0 aliphatic carbocycles. The van der Waals surface area contributed by atoms with Gasteiger partial charge in [0.05, 0.1) is 5.69 Å². The van der Waals surface area contributed by atoms with Crippen LogP contribution >= 0.6 is 0 Å². The van der Waals surface area contributed by atoms with Crippen molar-refractivity contribution in [1.29, 1.82) is 0 Å². The van der Waals surface area contributed by atoms with E-state index in [1.165, 1.54) is 5.56 Å². The van der Waals surface area contributed by atoms with Gasteiger partial charge in [-0.05, 0) is 6.92 Å². The summed E-state index contributed by atoms with van der Waals surface area (Å²) in [4.78, 5) is 0. The van der Waals surface area contributed by atoms with Crippen LogP contribution in [0, 0.1) is 6.92 Å². The molecule has 0 saturated carbocycles. The molecule has 0 bridgehead atoms. The number of nitrogens with zero attached hydrogens (tertiary/aromatic N) is 2. The highest BCUT2D eigenvalue weighted by Crippen LogP contribution is 2.04. The summed E-state index contributed by atoms with van der Waals surface area (Å²) in [6.45, 7) is 5.18. The van der Waals surface area contributed by atoms with Gasteiger partial charge >= 0.3 is 0 Å². The summed E-state index contributed by atoms with van der Waals surface area (Å²) >= 11 is 0. The minimum atomic E-state index is 0.652. The molecule has 13 heavy (non-hydrogen) atoms. The molecule has 0 amide bonds. The predicted molar refractivity (Wildman–Crippen MR) is 51.4 cm³/mol. The van der Waals surface area contributed by atoms with Crippen molar-refractivity contribution < 1.29 is 0 Å². The molecule has 0 atom stereocenters. The highest BCUT2D eigenvalue weighted by molar-refractivity contribution is 5.15. The number of rotatable bonds is 3. The third-order valence-electron chi connectivity index (χ3n) is 2.48. The summed E-state index contributed by atoms with van der Waals surface area (Å²) in [6.07, 6.45) is 2.08. The summed E-state index contributed by atoms with van der Waals surface area (Å²) < 4.78 is 1.87. The molecule has 4 nitrogen and oxygen atoms in total. The third-order valence-corrected chi connectivity index (χ3v) is 2.48. The third kappa shape index (κ3) is 1.89. The Balaban J connectivity index is 1.89. The van der Waals surface area contributed by atoms with E-state index in [2.05, 4.69) is 28.9 Å². The van der Waals surface area contributed by atoms with Crippen LogP contribution in [0.15, 0.2) is 6.20 Å². The summed E-state index contributed by atoms with van der Waals surface area (Å²) in [7, 11) is 1.96. The Hall–Kier alpha value is -0.870. The van der Waals surface area contributed by atoms with Crippen LogP contribution in [-0.4, -0.2) is 28.9 Å². The Kier molecular flexibility index (Phi) is 2.33. The summed E-state index contributed by atoms with van der Waals surface area (Å²) in [6, 6.07) is 0.652. The van der Waals surface area contributed by atoms with Crippen LogP contribution in [0.5, 0.6) is 0 Å². The van der Waals surface area contributed by atoms with Gasteiger partial charge < -0.3 is 10.6 Å². The SMILES string of the molecule is Cc1nn(C)cc1CNC1CNC1. The molecule has 0 unspecified atom stereocenters. The van der Waals surface area contributed by atoms with Gasteiger partial charge in [0, 0.05) is 44.5 Å². The maximum Gasteiger partial charge on any atom is 0.0638 e. The van der Waals surface area contributed by atoms with Crippen molar-refractivity contribution in [3.8, 4) is 0 Å². The molecule has 1 fully saturated rings. The number of hydrogen-bond donors (Lipinski definition) is 2. The van der Waals surface area contributed by atoms with E-state index in [9.17, 15) is 0 Å². The van der Waals surface area contributed by atoms with Crippen LogP contribution in [0.2, 0.25) is 0 Å². The number of aromatic nitrogens is 2. The standard InChI is InChI=1S/C9H16N4/c1-7-8(6-13(2)12-7)3-11-9-4-10-5-9/h6,9-11H,3-5H2,1-2H3. The lowest BCUT2D eigenvalue weighted by Gasteiger charge is -2.28. The first-order valence-electron chi connectivity index (χ1n) is 4.69. The normalized spacial score (nSPS) is 17.4. The van der Waals surface area contributed by atoms with Crippen molar-refractivity contribution in [2.24, 2.45) is 7.05 Å². The predicted octanol–water partition coefficient (Wildman–Crippen LogP) is -0.210. The van der Waals surface area contributed by atoms with E-state index < -0.39 is 0 Å². The molecule has 2 N–H and O–H groups in total. The topological polar surface area (TPSA) is 41.9 Å². The highest BCUT2D eigenvalue weighted by atomic mass is 15.3. The maximum atomic E-state index is 4.29. The molecular formula is C9H16N4. The molecule has 0 spiro atoms. The van der Waals surface area contributed by atoms with Gasteiger partial charge in [0.2, 0.25) is 0 Å². The van der Waals surface area contributed by atoms with E-state index in [1.54, 1.807) is 0 Å². The smallest absolute Gasteiger partial charge is 0.0638 e. The molecule has 2 heterocycles. The van der Waals surface area contributed by atoms with Crippen molar-refractivity contribution >= 4 is 0 Å². The number of aryl methyl sites for hydroxylation is 2. The Morgan fingerprint density at radius 1 is 1.69 bits per heavy atom. The monoisotopic (exact) mass is 180 g/mol. The first kappa shape index (κ1) is 8.72. The van der Waals surface area contributed by atoms with E-state index in [1.807, 2.05) is 11.7 Å². The van der Waals surface area contributed by atoms with Gasteiger partial charge in [-0.1, -0.05) is 0 Å². The molecule has 1 saturated heterocycles. The van der Waals surface area contributed by atoms with E-state index in [0.717, 1.165) is 25.3 Å². The first-order chi connectivity index (χ1) is 6.25. The van der Waals surface area contributed by atoms with Crippen LogP contribution in [0.4, 0.5) is 0 Å². The van der Waals surface area contributed by atoms with Gasteiger partial charge in [0.15, 0.2) is 0 Å². The quantitative estimate of drug-likeness (QED) is 0.676. The fourth-order valence-electron chi connectivity index (χ4n) is 1.51. The fourth-order valence-corrected chi connectivity index (χ4v) is 1.51. The van der Waals surface area contributed by atoms with Crippen molar-refractivity contribution in [3.63, 3.8) is 0 Å². The first-order valence-corrected chi connectivity index (χ1v) is 4.69. The second kappa shape index (κ2) is 3.47. The minimum Gasteiger partial charge on any atom is -0.314 e. The maximum absolute atomic E-state index is 4.29. The van der Waals surface area contributed by atoms with Crippen LogP contribution in [0.3, 0.4) is 0 Å². The summed E-state index contributed by atoms with van der Waals surface area (Å²) in [5, 5.41) is 11.0. The van der Waals surface area contributed by atoms with E-state index in [4.69, 9.17) is 0 Å². The largest absolute Gasteiger partial charge is 0.314 e. The molecular weight excluding hydrogens is 164 g/mol.